The fourth-order valence-corrected chi connectivity index (χ4v) is 3.93. The Bertz CT molecular complexity index is 724. The number of amides is 1. The average molecular weight is 375 g/mol. The summed E-state index contributed by atoms with van der Waals surface area (Å²) < 4.78 is 7.86. The minimum absolute atomic E-state index is 0.187. The summed E-state index contributed by atoms with van der Waals surface area (Å²) in [7, 11) is 0. The van der Waals surface area contributed by atoms with Crippen molar-refractivity contribution in [3.63, 3.8) is 0 Å². The lowest BCUT2D eigenvalue weighted by Crippen LogP contribution is -2.29. The SMILES string of the molecule is CCc1ccc(OCc2nnc(SCC(=O)N3CCCC3)n2CC)cc1. The third-order valence-corrected chi connectivity index (χ3v) is 5.54. The number of hydrogen-bond donors (Lipinski definition) is 0. The number of ether oxygens (including phenoxy) is 1. The molecule has 0 unspecified atom stereocenters. The highest BCUT2D eigenvalue weighted by molar-refractivity contribution is 7.99. The summed E-state index contributed by atoms with van der Waals surface area (Å²) in [5.41, 5.74) is 1.29. The number of aryl methyl sites for hydroxylation is 1. The van der Waals surface area contributed by atoms with Crippen LogP contribution in [-0.4, -0.2) is 44.4 Å². The molecule has 26 heavy (non-hydrogen) atoms. The Labute approximate surface area is 158 Å². The molecule has 0 bridgehead atoms. The summed E-state index contributed by atoms with van der Waals surface area (Å²) in [4.78, 5) is 14.1. The molecule has 7 heteroatoms. The second-order valence-electron chi connectivity index (χ2n) is 6.31. The van der Waals surface area contributed by atoms with Gasteiger partial charge < -0.3 is 14.2 Å². The first kappa shape index (κ1) is 18.8. The van der Waals surface area contributed by atoms with Gasteiger partial charge in [0.1, 0.15) is 12.4 Å². The van der Waals surface area contributed by atoms with Crippen LogP contribution in [0.15, 0.2) is 29.4 Å². The van der Waals surface area contributed by atoms with Crippen molar-refractivity contribution in [1.82, 2.24) is 19.7 Å². The molecular weight excluding hydrogens is 348 g/mol. The van der Waals surface area contributed by atoms with Crippen molar-refractivity contribution in [3.8, 4) is 5.75 Å². The van der Waals surface area contributed by atoms with Gasteiger partial charge >= 0.3 is 0 Å². The van der Waals surface area contributed by atoms with Crippen LogP contribution in [0.3, 0.4) is 0 Å². The van der Waals surface area contributed by atoms with Crippen LogP contribution in [0.5, 0.6) is 5.75 Å². The van der Waals surface area contributed by atoms with Gasteiger partial charge in [-0.1, -0.05) is 30.8 Å². The van der Waals surface area contributed by atoms with Crippen LogP contribution < -0.4 is 4.74 Å². The Kier molecular flexibility index (Phi) is 6.55. The van der Waals surface area contributed by atoms with Crippen LogP contribution in [-0.2, 0) is 24.4 Å². The fraction of sp³-hybridized carbons (Fsp3) is 0.526. The summed E-state index contributed by atoms with van der Waals surface area (Å²) >= 11 is 1.46. The Morgan fingerprint density at radius 2 is 1.88 bits per heavy atom. The maximum Gasteiger partial charge on any atom is 0.233 e. The second kappa shape index (κ2) is 9.07. The topological polar surface area (TPSA) is 60.3 Å². The van der Waals surface area contributed by atoms with Crippen LogP contribution in [0.4, 0.5) is 0 Å². The number of nitrogens with zero attached hydrogens (tertiary/aromatic N) is 4. The first-order valence-electron chi connectivity index (χ1n) is 9.25. The molecule has 1 aromatic heterocycles. The molecule has 6 nitrogen and oxygen atoms in total. The van der Waals surface area contributed by atoms with Gasteiger partial charge in [0.15, 0.2) is 11.0 Å². The second-order valence-corrected chi connectivity index (χ2v) is 7.25. The Balaban J connectivity index is 1.57. The van der Waals surface area contributed by atoms with E-state index in [1.54, 1.807) is 0 Å². The Hall–Kier alpha value is -2.02. The van der Waals surface area contributed by atoms with E-state index < -0.39 is 0 Å². The van der Waals surface area contributed by atoms with Gasteiger partial charge in [-0.3, -0.25) is 4.79 Å². The van der Waals surface area contributed by atoms with Crippen molar-refractivity contribution in [3.05, 3.63) is 35.7 Å². The van der Waals surface area contributed by atoms with Crippen LogP contribution >= 0.6 is 11.8 Å². The molecule has 1 fully saturated rings. The molecule has 1 aromatic carbocycles. The van der Waals surface area contributed by atoms with E-state index in [9.17, 15) is 4.79 Å². The summed E-state index contributed by atoms with van der Waals surface area (Å²) in [6.07, 6.45) is 3.24. The predicted octanol–water partition coefficient (Wildman–Crippen LogP) is 3.15. The number of carbonyl (C=O) groups is 1. The number of thioether (sulfide) groups is 1. The number of carbonyl (C=O) groups excluding carboxylic acids is 1. The van der Waals surface area contributed by atoms with E-state index in [2.05, 4.69) is 36.2 Å². The quantitative estimate of drug-likeness (QED) is 0.664. The van der Waals surface area contributed by atoms with Gasteiger partial charge in [-0.25, -0.2) is 0 Å². The highest BCUT2D eigenvalue weighted by Gasteiger charge is 2.19. The lowest BCUT2D eigenvalue weighted by molar-refractivity contribution is -0.127. The number of likely N-dealkylation sites (tertiary alicyclic amines) is 1. The van der Waals surface area contributed by atoms with E-state index in [0.29, 0.717) is 12.4 Å². The van der Waals surface area contributed by atoms with Crippen molar-refractivity contribution in [1.29, 1.82) is 0 Å². The summed E-state index contributed by atoms with van der Waals surface area (Å²) in [6.45, 7) is 7.07. The van der Waals surface area contributed by atoms with Gasteiger partial charge in [0.25, 0.3) is 0 Å². The average Bonchev–Trinajstić information content (AvgIpc) is 3.34. The minimum Gasteiger partial charge on any atom is -0.486 e. The van der Waals surface area contributed by atoms with E-state index in [1.165, 1.54) is 17.3 Å². The van der Waals surface area contributed by atoms with Crippen molar-refractivity contribution in [2.24, 2.45) is 0 Å². The molecule has 1 saturated heterocycles. The lowest BCUT2D eigenvalue weighted by Gasteiger charge is -2.14. The Morgan fingerprint density at radius 1 is 1.15 bits per heavy atom. The molecule has 0 spiro atoms. The van der Waals surface area contributed by atoms with Crippen molar-refractivity contribution in [2.45, 2.75) is 51.4 Å². The van der Waals surface area contributed by atoms with E-state index in [-0.39, 0.29) is 5.91 Å². The molecule has 2 heterocycles. The van der Waals surface area contributed by atoms with Crippen LogP contribution in [0.2, 0.25) is 0 Å². The van der Waals surface area contributed by atoms with Gasteiger partial charge in [0.05, 0.1) is 5.75 Å². The van der Waals surface area contributed by atoms with Crippen molar-refractivity contribution < 1.29 is 9.53 Å². The zero-order valence-electron chi connectivity index (χ0n) is 15.5. The zero-order chi connectivity index (χ0) is 18.4. The number of benzene rings is 1. The van der Waals surface area contributed by atoms with E-state index in [1.807, 2.05) is 21.6 Å². The highest BCUT2D eigenvalue weighted by atomic mass is 32.2. The van der Waals surface area contributed by atoms with E-state index in [4.69, 9.17) is 4.74 Å². The summed E-state index contributed by atoms with van der Waals surface area (Å²) in [5.74, 6) is 2.21. The third-order valence-electron chi connectivity index (χ3n) is 4.59. The van der Waals surface area contributed by atoms with Gasteiger partial charge in [-0.15, -0.1) is 10.2 Å². The molecule has 0 N–H and O–H groups in total. The molecule has 1 aliphatic rings. The van der Waals surface area contributed by atoms with E-state index >= 15 is 0 Å². The molecule has 140 valence electrons. The minimum atomic E-state index is 0.187. The fourth-order valence-electron chi connectivity index (χ4n) is 3.00. The Morgan fingerprint density at radius 3 is 2.54 bits per heavy atom. The van der Waals surface area contributed by atoms with Gasteiger partial charge in [0.2, 0.25) is 5.91 Å². The van der Waals surface area contributed by atoms with Crippen LogP contribution in [0, 0.1) is 0 Å². The van der Waals surface area contributed by atoms with E-state index in [0.717, 1.165) is 55.6 Å². The molecule has 3 rings (SSSR count). The van der Waals surface area contributed by atoms with Gasteiger partial charge in [-0.05, 0) is 43.9 Å². The molecule has 2 aromatic rings. The molecular formula is C19H26N4O2S. The predicted molar refractivity (Wildman–Crippen MR) is 102 cm³/mol. The molecule has 0 radical (unpaired) electrons. The molecule has 0 atom stereocenters. The molecule has 0 saturated carbocycles. The van der Waals surface area contributed by atoms with Gasteiger partial charge in [0, 0.05) is 19.6 Å². The monoisotopic (exact) mass is 374 g/mol. The molecule has 1 amide bonds. The van der Waals surface area contributed by atoms with Gasteiger partial charge in [-0.2, -0.15) is 0 Å². The molecule has 0 aliphatic carbocycles. The zero-order valence-corrected chi connectivity index (χ0v) is 16.3. The first-order chi connectivity index (χ1) is 12.7. The van der Waals surface area contributed by atoms with Crippen LogP contribution in [0.25, 0.3) is 0 Å². The standard InChI is InChI=1S/C19H26N4O2S/c1-3-15-7-9-16(10-8-15)25-13-17-20-21-19(23(17)4-2)26-14-18(24)22-11-5-6-12-22/h7-10H,3-6,11-14H2,1-2H3. The van der Waals surface area contributed by atoms with Crippen molar-refractivity contribution in [2.75, 3.05) is 18.8 Å². The summed E-state index contributed by atoms with van der Waals surface area (Å²) in [5, 5.41) is 9.28. The number of rotatable bonds is 8. The van der Waals surface area contributed by atoms with Crippen LogP contribution in [0.1, 0.15) is 38.1 Å². The highest BCUT2D eigenvalue weighted by Crippen LogP contribution is 2.20. The lowest BCUT2D eigenvalue weighted by atomic mass is 10.2. The number of hydrogen-bond acceptors (Lipinski definition) is 5. The molecule has 1 aliphatic heterocycles. The maximum absolute atomic E-state index is 12.2. The third kappa shape index (κ3) is 4.58. The number of aromatic nitrogens is 3. The normalized spacial score (nSPS) is 14.0. The maximum atomic E-state index is 12.2. The van der Waals surface area contributed by atoms with Crippen molar-refractivity contribution >= 4 is 17.7 Å². The largest absolute Gasteiger partial charge is 0.486 e. The smallest absolute Gasteiger partial charge is 0.233 e. The first-order valence-corrected chi connectivity index (χ1v) is 10.2. The summed E-state index contributed by atoms with van der Waals surface area (Å²) in [6, 6.07) is 8.11.